The molecular formula is C21H25NO2. The standard InChI is InChI=1S/C21H25NO2/c1-3-15-24-21-13-10-18(11-14-21)19-9-12-20(22-16-19)8-6-4-5-7-17(2)23/h3,6,8-14,16-17,23H,1,4-5,7,15H2,2H3/b8-6+. The van der Waals surface area contributed by atoms with Crippen LogP contribution in [0.3, 0.4) is 0 Å². The molecular weight excluding hydrogens is 298 g/mol. The van der Waals surface area contributed by atoms with E-state index in [1.54, 1.807) is 6.08 Å². The van der Waals surface area contributed by atoms with Crippen molar-refractivity contribution in [2.45, 2.75) is 32.3 Å². The molecule has 0 amide bonds. The van der Waals surface area contributed by atoms with Crippen LogP contribution in [-0.4, -0.2) is 22.8 Å². The molecule has 1 heterocycles. The van der Waals surface area contributed by atoms with Crippen molar-refractivity contribution >= 4 is 6.08 Å². The Morgan fingerprint density at radius 1 is 1.17 bits per heavy atom. The molecule has 2 rings (SSSR count). The monoisotopic (exact) mass is 323 g/mol. The summed E-state index contributed by atoms with van der Waals surface area (Å²) in [6, 6.07) is 12.1. The van der Waals surface area contributed by atoms with E-state index in [0.29, 0.717) is 6.61 Å². The Kier molecular flexibility index (Phi) is 7.24. The van der Waals surface area contributed by atoms with E-state index in [0.717, 1.165) is 41.8 Å². The van der Waals surface area contributed by atoms with E-state index in [1.807, 2.05) is 49.5 Å². The van der Waals surface area contributed by atoms with Crippen molar-refractivity contribution in [3.05, 3.63) is 67.0 Å². The molecule has 24 heavy (non-hydrogen) atoms. The van der Waals surface area contributed by atoms with Gasteiger partial charge in [0.05, 0.1) is 11.8 Å². The molecule has 0 radical (unpaired) electrons. The van der Waals surface area contributed by atoms with Crippen molar-refractivity contribution in [3.8, 4) is 16.9 Å². The zero-order valence-corrected chi connectivity index (χ0v) is 14.2. The van der Waals surface area contributed by atoms with Crippen LogP contribution in [0, 0.1) is 0 Å². The van der Waals surface area contributed by atoms with Gasteiger partial charge < -0.3 is 9.84 Å². The van der Waals surface area contributed by atoms with Gasteiger partial charge >= 0.3 is 0 Å². The SMILES string of the molecule is C=CCOc1ccc(-c2ccc(/C=C/CCCC(C)O)nc2)cc1. The Morgan fingerprint density at radius 3 is 2.54 bits per heavy atom. The molecule has 1 aromatic carbocycles. The van der Waals surface area contributed by atoms with Crippen LogP contribution in [0.4, 0.5) is 0 Å². The molecule has 0 bridgehead atoms. The third-order valence-electron chi connectivity index (χ3n) is 3.62. The van der Waals surface area contributed by atoms with Gasteiger partial charge in [-0.15, -0.1) is 0 Å². The van der Waals surface area contributed by atoms with Crippen LogP contribution in [0.5, 0.6) is 5.75 Å². The van der Waals surface area contributed by atoms with Crippen LogP contribution >= 0.6 is 0 Å². The van der Waals surface area contributed by atoms with Crippen LogP contribution in [0.1, 0.15) is 31.9 Å². The van der Waals surface area contributed by atoms with E-state index in [1.165, 1.54) is 0 Å². The van der Waals surface area contributed by atoms with Crippen LogP contribution in [0.15, 0.2) is 61.3 Å². The second-order valence-corrected chi connectivity index (χ2v) is 5.78. The van der Waals surface area contributed by atoms with Gasteiger partial charge in [0.2, 0.25) is 0 Å². The van der Waals surface area contributed by atoms with Gasteiger partial charge in [-0.25, -0.2) is 0 Å². The van der Waals surface area contributed by atoms with Crippen LogP contribution < -0.4 is 4.74 Å². The van der Waals surface area contributed by atoms with E-state index in [4.69, 9.17) is 4.74 Å². The molecule has 1 aromatic heterocycles. The highest BCUT2D eigenvalue weighted by atomic mass is 16.5. The third-order valence-corrected chi connectivity index (χ3v) is 3.62. The van der Waals surface area contributed by atoms with Crippen molar-refractivity contribution in [1.29, 1.82) is 0 Å². The molecule has 0 aliphatic heterocycles. The number of allylic oxidation sites excluding steroid dienone is 1. The second kappa shape index (κ2) is 9.68. The highest BCUT2D eigenvalue weighted by Crippen LogP contribution is 2.22. The molecule has 1 N–H and O–H groups in total. The number of unbranched alkanes of at least 4 members (excludes halogenated alkanes) is 1. The number of hydrogen-bond donors (Lipinski definition) is 1. The number of ether oxygens (including phenoxy) is 1. The molecule has 0 saturated carbocycles. The van der Waals surface area contributed by atoms with Gasteiger partial charge in [-0.05, 0) is 56.0 Å². The van der Waals surface area contributed by atoms with Gasteiger partial charge in [0.1, 0.15) is 12.4 Å². The maximum atomic E-state index is 9.22. The Labute approximate surface area is 144 Å². The van der Waals surface area contributed by atoms with E-state index in [2.05, 4.69) is 23.7 Å². The smallest absolute Gasteiger partial charge is 0.119 e. The quantitative estimate of drug-likeness (QED) is 0.528. The molecule has 3 nitrogen and oxygen atoms in total. The highest BCUT2D eigenvalue weighted by Gasteiger charge is 1.99. The fraction of sp³-hybridized carbons (Fsp3) is 0.286. The maximum absolute atomic E-state index is 9.22. The summed E-state index contributed by atoms with van der Waals surface area (Å²) >= 11 is 0. The summed E-state index contributed by atoms with van der Waals surface area (Å²) < 4.78 is 5.49. The molecule has 1 unspecified atom stereocenters. The molecule has 0 fully saturated rings. The van der Waals surface area contributed by atoms with Gasteiger partial charge in [0.25, 0.3) is 0 Å². The lowest BCUT2D eigenvalue weighted by Crippen LogP contribution is -1.97. The van der Waals surface area contributed by atoms with Crippen LogP contribution in [0.25, 0.3) is 17.2 Å². The number of pyridine rings is 1. The third kappa shape index (κ3) is 6.01. The van der Waals surface area contributed by atoms with E-state index < -0.39 is 0 Å². The predicted octanol–water partition coefficient (Wildman–Crippen LogP) is 4.88. The second-order valence-electron chi connectivity index (χ2n) is 5.78. The van der Waals surface area contributed by atoms with Crippen LogP contribution in [0.2, 0.25) is 0 Å². The number of hydrogen-bond acceptors (Lipinski definition) is 3. The fourth-order valence-corrected chi connectivity index (χ4v) is 2.31. The minimum Gasteiger partial charge on any atom is -0.490 e. The summed E-state index contributed by atoms with van der Waals surface area (Å²) in [6.07, 6.45) is 10.3. The number of benzene rings is 1. The predicted molar refractivity (Wildman–Crippen MR) is 99.9 cm³/mol. The zero-order valence-electron chi connectivity index (χ0n) is 14.2. The Bertz CT molecular complexity index is 643. The highest BCUT2D eigenvalue weighted by molar-refractivity contribution is 5.64. The first kappa shape index (κ1) is 18.0. The normalized spacial score (nSPS) is 12.2. The summed E-state index contributed by atoms with van der Waals surface area (Å²) in [4.78, 5) is 4.48. The summed E-state index contributed by atoms with van der Waals surface area (Å²) in [5.74, 6) is 0.836. The molecule has 0 aliphatic rings. The molecule has 0 aliphatic carbocycles. The van der Waals surface area contributed by atoms with E-state index >= 15 is 0 Å². The molecule has 0 spiro atoms. The molecule has 3 heteroatoms. The van der Waals surface area contributed by atoms with E-state index in [-0.39, 0.29) is 6.10 Å². The van der Waals surface area contributed by atoms with Crippen molar-refractivity contribution in [1.82, 2.24) is 4.98 Å². The average molecular weight is 323 g/mol. The summed E-state index contributed by atoms with van der Waals surface area (Å²) in [6.45, 7) is 5.97. The Balaban J connectivity index is 1.91. The number of aliphatic hydroxyl groups is 1. The van der Waals surface area contributed by atoms with Gasteiger partial charge in [-0.2, -0.15) is 0 Å². The number of rotatable bonds is 9. The van der Waals surface area contributed by atoms with Crippen molar-refractivity contribution < 1.29 is 9.84 Å². The summed E-state index contributed by atoms with van der Waals surface area (Å²) in [5.41, 5.74) is 3.14. The summed E-state index contributed by atoms with van der Waals surface area (Å²) in [5, 5.41) is 9.22. The number of aliphatic hydroxyl groups excluding tert-OH is 1. The van der Waals surface area contributed by atoms with Gasteiger partial charge in [-0.3, -0.25) is 4.98 Å². The van der Waals surface area contributed by atoms with Crippen molar-refractivity contribution in [3.63, 3.8) is 0 Å². The maximum Gasteiger partial charge on any atom is 0.119 e. The minimum absolute atomic E-state index is 0.218. The number of aromatic nitrogens is 1. The topological polar surface area (TPSA) is 42.4 Å². The van der Waals surface area contributed by atoms with Gasteiger partial charge in [0, 0.05) is 11.8 Å². The first-order chi connectivity index (χ1) is 11.7. The molecule has 0 saturated heterocycles. The Morgan fingerprint density at radius 2 is 1.92 bits per heavy atom. The van der Waals surface area contributed by atoms with Crippen molar-refractivity contribution in [2.75, 3.05) is 6.61 Å². The molecule has 1 atom stereocenters. The van der Waals surface area contributed by atoms with E-state index in [9.17, 15) is 5.11 Å². The van der Waals surface area contributed by atoms with Gasteiger partial charge in [-0.1, -0.05) is 36.9 Å². The lowest BCUT2D eigenvalue weighted by atomic mass is 10.1. The van der Waals surface area contributed by atoms with Crippen LogP contribution in [-0.2, 0) is 0 Å². The average Bonchev–Trinajstić information content (AvgIpc) is 2.60. The Hall–Kier alpha value is -2.39. The first-order valence-electron chi connectivity index (χ1n) is 8.34. The molecule has 126 valence electrons. The minimum atomic E-state index is -0.218. The largest absolute Gasteiger partial charge is 0.490 e. The zero-order chi connectivity index (χ0) is 17.2. The summed E-state index contributed by atoms with van der Waals surface area (Å²) in [7, 11) is 0. The molecule has 2 aromatic rings. The first-order valence-corrected chi connectivity index (χ1v) is 8.34. The lowest BCUT2D eigenvalue weighted by molar-refractivity contribution is 0.182. The number of nitrogens with zero attached hydrogens (tertiary/aromatic N) is 1. The van der Waals surface area contributed by atoms with Gasteiger partial charge in [0.15, 0.2) is 0 Å². The lowest BCUT2D eigenvalue weighted by Gasteiger charge is -2.05. The fourth-order valence-electron chi connectivity index (χ4n) is 2.31. The van der Waals surface area contributed by atoms with Crippen molar-refractivity contribution in [2.24, 2.45) is 0 Å².